The molecular weight excluding hydrogens is 170 g/mol. The van der Waals surface area contributed by atoms with Crippen LogP contribution in [0.3, 0.4) is 0 Å². The molecule has 0 bridgehead atoms. The van der Waals surface area contributed by atoms with Crippen molar-refractivity contribution in [1.29, 1.82) is 0 Å². The smallest absolute Gasteiger partial charge is 0.0286 e. The molecule has 0 aliphatic heterocycles. The Morgan fingerprint density at radius 3 is 2.50 bits per heavy atom. The summed E-state index contributed by atoms with van der Waals surface area (Å²) < 4.78 is 0. The first kappa shape index (κ1) is 10.3. The summed E-state index contributed by atoms with van der Waals surface area (Å²) in [5.41, 5.74) is 0.255. The molecule has 0 aromatic heterocycles. The standard InChI is InChI=1S/C10H20ClN/c1-10(2,7-11)8-12-6-9-4-3-5-9/h9,12H,3-8H2,1-2H3. The average Bonchev–Trinajstić information content (AvgIpc) is 1.95. The first-order valence-electron chi connectivity index (χ1n) is 4.91. The maximum Gasteiger partial charge on any atom is 0.0286 e. The van der Waals surface area contributed by atoms with E-state index in [1.807, 2.05) is 0 Å². The molecule has 1 N–H and O–H groups in total. The average molecular weight is 190 g/mol. The van der Waals surface area contributed by atoms with Crippen LogP contribution in [-0.2, 0) is 0 Å². The molecule has 0 unspecified atom stereocenters. The van der Waals surface area contributed by atoms with Crippen LogP contribution in [0.1, 0.15) is 33.1 Å². The van der Waals surface area contributed by atoms with E-state index in [4.69, 9.17) is 11.6 Å². The van der Waals surface area contributed by atoms with Gasteiger partial charge in [-0.05, 0) is 30.7 Å². The third kappa shape index (κ3) is 3.32. The van der Waals surface area contributed by atoms with Crippen LogP contribution in [0.25, 0.3) is 0 Å². The molecule has 0 atom stereocenters. The molecule has 0 aromatic rings. The molecule has 1 nitrogen and oxygen atoms in total. The number of halogens is 1. The number of hydrogen-bond acceptors (Lipinski definition) is 1. The van der Waals surface area contributed by atoms with Crippen molar-refractivity contribution >= 4 is 11.6 Å². The highest BCUT2D eigenvalue weighted by Crippen LogP contribution is 2.25. The van der Waals surface area contributed by atoms with Gasteiger partial charge in [0.1, 0.15) is 0 Å². The van der Waals surface area contributed by atoms with Crippen LogP contribution in [-0.4, -0.2) is 19.0 Å². The minimum absolute atomic E-state index is 0.255. The summed E-state index contributed by atoms with van der Waals surface area (Å²) in [4.78, 5) is 0. The first-order valence-corrected chi connectivity index (χ1v) is 5.44. The predicted octanol–water partition coefficient (Wildman–Crippen LogP) is 2.64. The zero-order valence-corrected chi connectivity index (χ0v) is 8.95. The SMILES string of the molecule is CC(C)(CCl)CNCC1CCC1. The molecule has 2 heteroatoms. The second kappa shape index (κ2) is 4.48. The van der Waals surface area contributed by atoms with Gasteiger partial charge < -0.3 is 5.32 Å². The molecule has 0 aromatic carbocycles. The monoisotopic (exact) mass is 189 g/mol. The second-order valence-corrected chi connectivity index (χ2v) is 4.99. The fourth-order valence-corrected chi connectivity index (χ4v) is 1.45. The molecule has 12 heavy (non-hydrogen) atoms. The predicted molar refractivity (Wildman–Crippen MR) is 54.7 cm³/mol. The van der Waals surface area contributed by atoms with Crippen LogP contribution in [0.4, 0.5) is 0 Å². The van der Waals surface area contributed by atoms with Crippen molar-refractivity contribution in [3.8, 4) is 0 Å². The zero-order chi connectivity index (χ0) is 9.03. The first-order chi connectivity index (χ1) is 5.64. The van der Waals surface area contributed by atoms with Crippen molar-refractivity contribution in [1.82, 2.24) is 5.32 Å². The van der Waals surface area contributed by atoms with Crippen LogP contribution in [0.15, 0.2) is 0 Å². The van der Waals surface area contributed by atoms with E-state index in [9.17, 15) is 0 Å². The Balaban J connectivity index is 2.00. The van der Waals surface area contributed by atoms with Crippen LogP contribution < -0.4 is 5.32 Å². The van der Waals surface area contributed by atoms with E-state index in [0.717, 1.165) is 18.3 Å². The summed E-state index contributed by atoms with van der Waals surface area (Å²) in [6.07, 6.45) is 4.29. The lowest BCUT2D eigenvalue weighted by atomic mass is 9.85. The largest absolute Gasteiger partial charge is 0.316 e. The molecule has 1 saturated carbocycles. The Kier molecular flexibility index (Phi) is 3.85. The summed E-state index contributed by atoms with van der Waals surface area (Å²) in [5.74, 6) is 1.70. The summed E-state index contributed by atoms with van der Waals surface area (Å²) in [6.45, 7) is 6.65. The Morgan fingerprint density at radius 1 is 1.42 bits per heavy atom. The minimum Gasteiger partial charge on any atom is -0.316 e. The van der Waals surface area contributed by atoms with Gasteiger partial charge in [-0.3, -0.25) is 0 Å². The Morgan fingerprint density at radius 2 is 2.08 bits per heavy atom. The van der Waals surface area contributed by atoms with Gasteiger partial charge in [0.05, 0.1) is 0 Å². The van der Waals surface area contributed by atoms with Gasteiger partial charge in [0.15, 0.2) is 0 Å². The van der Waals surface area contributed by atoms with Crippen molar-refractivity contribution in [3.05, 3.63) is 0 Å². The minimum atomic E-state index is 0.255. The van der Waals surface area contributed by atoms with Gasteiger partial charge in [-0.25, -0.2) is 0 Å². The van der Waals surface area contributed by atoms with Gasteiger partial charge in [-0.15, -0.1) is 11.6 Å². The van der Waals surface area contributed by atoms with E-state index >= 15 is 0 Å². The summed E-state index contributed by atoms with van der Waals surface area (Å²) in [6, 6.07) is 0. The Labute approximate surface area is 80.9 Å². The quantitative estimate of drug-likeness (QED) is 0.656. The van der Waals surface area contributed by atoms with E-state index in [1.165, 1.54) is 25.8 Å². The molecule has 0 amide bonds. The summed E-state index contributed by atoms with van der Waals surface area (Å²) in [5, 5.41) is 3.49. The number of alkyl halides is 1. The lowest BCUT2D eigenvalue weighted by Gasteiger charge is -2.28. The fourth-order valence-electron chi connectivity index (χ4n) is 1.36. The third-order valence-corrected chi connectivity index (χ3v) is 3.35. The summed E-state index contributed by atoms with van der Waals surface area (Å²) in [7, 11) is 0. The van der Waals surface area contributed by atoms with E-state index in [-0.39, 0.29) is 5.41 Å². The lowest BCUT2D eigenvalue weighted by Crippen LogP contribution is -2.35. The van der Waals surface area contributed by atoms with Crippen molar-refractivity contribution in [2.45, 2.75) is 33.1 Å². The molecule has 1 aliphatic rings. The molecule has 1 rings (SSSR count). The van der Waals surface area contributed by atoms with Crippen molar-refractivity contribution in [2.75, 3.05) is 19.0 Å². The van der Waals surface area contributed by atoms with Crippen molar-refractivity contribution < 1.29 is 0 Å². The maximum absolute atomic E-state index is 5.82. The zero-order valence-electron chi connectivity index (χ0n) is 8.20. The maximum atomic E-state index is 5.82. The van der Waals surface area contributed by atoms with Gasteiger partial charge in [0.25, 0.3) is 0 Å². The van der Waals surface area contributed by atoms with E-state index < -0.39 is 0 Å². The van der Waals surface area contributed by atoms with Crippen molar-refractivity contribution in [2.24, 2.45) is 11.3 Å². The fraction of sp³-hybridized carbons (Fsp3) is 1.00. The van der Waals surface area contributed by atoms with E-state index in [1.54, 1.807) is 0 Å². The highest BCUT2D eigenvalue weighted by molar-refractivity contribution is 6.18. The molecule has 1 aliphatic carbocycles. The number of nitrogens with one attached hydrogen (secondary N) is 1. The van der Waals surface area contributed by atoms with Crippen LogP contribution >= 0.6 is 11.6 Å². The molecular formula is C10H20ClN. The van der Waals surface area contributed by atoms with Crippen LogP contribution in [0.2, 0.25) is 0 Å². The Bertz CT molecular complexity index is 130. The molecule has 0 heterocycles. The van der Waals surface area contributed by atoms with Gasteiger partial charge in [-0.2, -0.15) is 0 Å². The van der Waals surface area contributed by atoms with Gasteiger partial charge >= 0.3 is 0 Å². The topological polar surface area (TPSA) is 12.0 Å². The molecule has 0 spiro atoms. The Hall–Kier alpha value is 0.250. The highest BCUT2D eigenvalue weighted by atomic mass is 35.5. The number of hydrogen-bond donors (Lipinski definition) is 1. The van der Waals surface area contributed by atoms with Gasteiger partial charge in [0.2, 0.25) is 0 Å². The van der Waals surface area contributed by atoms with Crippen molar-refractivity contribution in [3.63, 3.8) is 0 Å². The second-order valence-electron chi connectivity index (χ2n) is 4.73. The van der Waals surface area contributed by atoms with Gasteiger partial charge in [0, 0.05) is 12.4 Å². The molecule has 1 fully saturated rings. The van der Waals surface area contributed by atoms with Crippen LogP contribution in [0.5, 0.6) is 0 Å². The molecule has 0 radical (unpaired) electrons. The normalized spacial score (nSPS) is 19.2. The summed E-state index contributed by atoms with van der Waals surface area (Å²) >= 11 is 5.82. The molecule has 0 saturated heterocycles. The van der Waals surface area contributed by atoms with E-state index in [2.05, 4.69) is 19.2 Å². The lowest BCUT2D eigenvalue weighted by molar-refractivity contribution is 0.281. The molecule has 72 valence electrons. The van der Waals surface area contributed by atoms with E-state index in [0.29, 0.717) is 0 Å². The third-order valence-electron chi connectivity index (χ3n) is 2.62. The highest BCUT2D eigenvalue weighted by Gasteiger charge is 2.19. The van der Waals surface area contributed by atoms with Gasteiger partial charge in [-0.1, -0.05) is 20.3 Å². The number of rotatable bonds is 5. The van der Waals surface area contributed by atoms with Crippen LogP contribution in [0, 0.1) is 11.3 Å².